The minimum absolute atomic E-state index is 0.0404. The number of primary sulfonamides is 1. The van der Waals surface area contributed by atoms with Crippen molar-refractivity contribution >= 4 is 15.9 Å². The van der Waals surface area contributed by atoms with Crippen LogP contribution in [0.25, 0.3) is 0 Å². The van der Waals surface area contributed by atoms with Crippen molar-refractivity contribution in [1.29, 1.82) is 0 Å². The van der Waals surface area contributed by atoms with Gasteiger partial charge in [0.1, 0.15) is 5.82 Å². The predicted molar refractivity (Wildman–Crippen MR) is 72.2 cm³/mol. The van der Waals surface area contributed by atoms with Crippen LogP contribution in [0.1, 0.15) is 35.7 Å². The van der Waals surface area contributed by atoms with E-state index in [1.807, 2.05) is 6.92 Å². The summed E-state index contributed by atoms with van der Waals surface area (Å²) in [5.41, 5.74) is -0.0126. The number of hydrogen-bond donors (Lipinski definition) is 2. The van der Waals surface area contributed by atoms with Crippen LogP contribution in [0.2, 0.25) is 0 Å². The van der Waals surface area contributed by atoms with Gasteiger partial charge in [-0.2, -0.15) is 0 Å². The molecule has 3 N–H and O–H groups in total. The summed E-state index contributed by atoms with van der Waals surface area (Å²) >= 11 is 0. The van der Waals surface area contributed by atoms with E-state index in [0.717, 1.165) is 25.0 Å². The topological polar surface area (TPSA) is 89.3 Å². The largest absolute Gasteiger partial charge is 0.351 e. The summed E-state index contributed by atoms with van der Waals surface area (Å²) in [6.45, 7) is 3.84. The SMILES string of the molecule is Cc1c(F)cc(C(=O)NCC2(C)CC2)cc1S(N)(=O)=O. The summed E-state index contributed by atoms with van der Waals surface area (Å²) in [4.78, 5) is 11.6. The molecule has 0 aliphatic heterocycles. The molecule has 0 spiro atoms. The van der Waals surface area contributed by atoms with Crippen molar-refractivity contribution in [2.24, 2.45) is 10.6 Å². The molecule has 1 amide bonds. The van der Waals surface area contributed by atoms with Crippen molar-refractivity contribution in [3.63, 3.8) is 0 Å². The number of benzene rings is 1. The zero-order valence-corrected chi connectivity index (χ0v) is 12.2. The number of amides is 1. The summed E-state index contributed by atoms with van der Waals surface area (Å²) < 4.78 is 36.5. The standard InChI is InChI=1S/C13H17FN2O3S/c1-8-10(14)5-9(6-11(8)20(15,18)19)12(17)16-7-13(2)3-4-13/h5-6H,3-4,7H2,1-2H3,(H,16,17)(H2,15,18,19). The third-order valence-electron chi connectivity index (χ3n) is 3.64. The second kappa shape index (κ2) is 4.82. The lowest BCUT2D eigenvalue weighted by molar-refractivity contribution is 0.0945. The average Bonchev–Trinajstić information content (AvgIpc) is 3.06. The van der Waals surface area contributed by atoms with Gasteiger partial charge < -0.3 is 5.32 Å². The fourth-order valence-corrected chi connectivity index (χ4v) is 2.68. The van der Waals surface area contributed by atoms with Gasteiger partial charge in [-0.25, -0.2) is 17.9 Å². The average molecular weight is 300 g/mol. The fraction of sp³-hybridized carbons (Fsp3) is 0.462. The molecule has 1 aliphatic rings. The van der Waals surface area contributed by atoms with E-state index < -0.39 is 21.7 Å². The Hall–Kier alpha value is -1.47. The number of carbonyl (C=O) groups is 1. The first kappa shape index (κ1) is 14.9. The number of sulfonamides is 1. The van der Waals surface area contributed by atoms with Crippen LogP contribution in [0.3, 0.4) is 0 Å². The number of carbonyl (C=O) groups excluding carboxylic acids is 1. The molecule has 1 aromatic carbocycles. The monoisotopic (exact) mass is 300 g/mol. The summed E-state index contributed by atoms with van der Waals surface area (Å²) in [5, 5.41) is 7.71. The third kappa shape index (κ3) is 3.16. The lowest BCUT2D eigenvalue weighted by Gasteiger charge is -2.12. The zero-order valence-electron chi connectivity index (χ0n) is 11.4. The van der Waals surface area contributed by atoms with Gasteiger partial charge in [0.2, 0.25) is 10.0 Å². The molecule has 20 heavy (non-hydrogen) atoms. The molecule has 1 saturated carbocycles. The lowest BCUT2D eigenvalue weighted by atomic mass is 10.1. The van der Waals surface area contributed by atoms with E-state index >= 15 is 0 Å². The van der Waals surface area contributed by atoms with Gasteiger partial charge in [-0.15, -0.1) is 0 Å². The minimum atomic E-state index is -4.06. The van der Waals surface area contributed by atoms with Crippen LogP contribution >= 0.6 is 0 Å². The number of rotatable bonds is 4. The van der Waals surface area contributed by atoms with Crippen LogP contribution in [-0.2, 0) is 10.0 Å². The van der Waals surface area contributed by atoms with Gasteiger partial charge in [0.25, 0.3) is 5.91 Å². The highest BCUT2D eigenvalue weighted by molar-refractivity contribution is 7.89. The van der Waals surface area contributed by atoms with Crippen LogP contribution in [0, 0.1) is 18.2 Å². The van der Waals surface area contributed by atoms with Crippen molar-refractivity contribution in [1.82, 2.24) is 5.32 Å². The number of nitrogens with two attached hydrogens (primary N) is 1. The Labute approximate surface area is 117 Å². The molecule has 0 unspecified atom stereocenters. The van der Waals surface area contributed by atoms with E-state index in [-0.39, 0.29) is 21.4 Å². The number of hydrogen-bond acceptors (Lipinski definition) is 3. The van der Waals surface area contributed by atoms with Crippen LogP contribution in [-0.4, -0.2) is 20.9 Å². The van der Waals surface area contributed by atoms with E-state index in [1.165, 1.54) is 6.92 Å². The minimum Gasteiger partial charge on any atom is -0.351 e. The Morgan fingerprint density at radius 3 is 2.55 bits per heavy atom. The molecule has 1 aliphatic carbocycles. The van der Waals surface area contributed by atoms with Gasteiger partial charge in [0, 0.05) is 17.7 Å². The Balaban J connectivity index is 2.28. The molecule has 1 aromatic rings. The van der Waals surface area contributed by atoms with E-state index in [2.05, 4.69) is 5.32 Å². The quantitative estimate of drug-likeness (QED) is 0.878. The van der Waals surface area contributed by atoms with E-state index in [0.29, 0.717) is 6.54 Å². The Morgan fingerprint density at radius 1 is 1.45 bits per heavy atom. The van der Waals surface area contributed by atoms with E-state index in [1.54, 1.807) is 0 Å². The van der Waals surface area contributed by atoms with E-state index in [9.17, 15) is 17.6 Å². The van der Waals surface area contributed by atoms with Gasteiger partial charge in [-0.05, 0) is 37.3 Å². The molecule has 0 saturated heterocycles. The Morgan fingerprint density at radius 2 is 2.05 bits per heavy atom. The highest BCUT2D eigenvalue weighted by atomic mass is 32.2. The fourth-order valence-electron chi connectivity index (χ4n) is 1.87. The first-order chi connectivity index (χ1) is 9.12. The maximum Gasteiger partial charge on any atom is 0.251 e. The van der Waals surface area contributed by atoms with Gasteiger partial charge in [0.15, 0.2) is 0 Å². The van der Waals surface area contributed by atoms with E-state index in [4.69, 9.17) is 5.14 Å². The van der Waals surface area contributed by atoms with Gasteiger partial charge in [-0.1, -0.05) is 6.92 Å². The third-order valence-corrected chi connectivity index (χ3v) is 4.68. The predicted octanol–water partition coefficient (Wildman–Crippen LogP) is 1.31. The van der Waals surface area contributed by atoms with Crippen molar-refractivity contribution in [2.45, 2.75) is 31.6 Å². The molecule has 0 heterocycles. The van der Waals surface area contributed by atoms with Crippen LogP contribution in [0.15, 0.2) is 17.0 Å². The summed E-state index contributed by atoms with van der Waals surface area (Å²) in [6, 6.07) is 2.13. The molecule has 0 radical (unpaired) electrons. The van der Waals surface area contributed by atoms with Gasteiger partial charge >= 0.3 is 0 Å². The number of nitrogens with one attached hydrogen (secondary N) is 1. The molecule has 0 bridgehead atoms. The van der Waals surface area contributed by atoms with Crippen LogP contribution in [0.4, 0.5) is 4.39 Å². The molecule has 2 rings (SSSR count). The summed E-state index contributed by atoms with van der Waals surface area (Å²) in [6.07, 6.45) is 2.08. The molecule has 110 valence electrons. The first-order valence-corrected chi connectivity index (χ1v) is 7.78. The maximum atomic E-state index is 13.7. The summed E-state index contributed by atoms with van der Waals surface area (Å²) in [7, 11) is -4.06. The molecule has 1 fully saturated rings. The highest BCUT2D eigenvalue weighted by Crippen LogP contribution is 2.44. The van der Waals surface area contributed by atoms with Crippen molar-refractivity contribution in [3.05, 3.63) is 29.1 Å². The molecular formula is C13H17FN2O3S. The second-order valence-corrected chi connectivity index (χ2v) is 7.15. The van der Waals surface area contributed by atoms with Gasteiger partial charge in [-0.3, -0.25) is 4.79 Å². The molecular weight excluding hydrogens is 283 g/mol. The smallest absolute Gasteiger partial charge is 0.251 e. The molecule has 0 atom stereocenters. The lowest BCUT2D eigenvalue weighted by Crippen LogP contribution is -2.29. The maximum absolute atomic E-state index is 13.7. The van der Waals surface area contributed by atoms with Crippen LogP contribution < -0.4 is 10.5 Å². The second-order valence-electron chi connectivity index (χ2n) is 5.62. The molecule has 7 heteroatoms. The van der Waals surface area contributed by atoms with Crippen molar-refractivity contribution < 1.29 is 17.6 Å². The Kier molecular flexibility index (Phi) is 3.60. The Bertz CT molecular complexity index is 666. The normalized spacial score (nSPS) is 16.8. The zero-order chi connectivity index (χ0) is 15.1. The van der Waals surface area contributed by atoms with Crippen LogP contribution in [0.5, 0.6) is 0 Å². The molecule has 5 nitrogen and oxygen atoms in total. The van der Waals surface area contributed by atoms with Crippen molar-refractivity contribution in [3.8, 4) is 0 Å². The van der Waals surface area contributed by atoms with Crippen molar-refractivity contribution in [2.75, 3.05) is 6.54 Å². The summed E-state index contributed by atoms with van der Waals surface area (Å²) in [5.74, 6) is -1.26. The molecule has 0 aromatic heterocycles. The number of halogens is 1. The highest BCUT2D eigenvalue weighted by Gasteiger charge is 2.37. The first-order valence-electron chi connectivity index (χ1n) is 6.24. The van der Waals surface area contributed by atoms with Gasteiger partial charge in [0.05, 0.1) is 4.90 Å².